The summed E-state index contributed by atoms with van der Waals surface area (Å²) in [6.07, 6.45) is 1.16. The fraction of sp³-hybridized carbons (Fsp3) is 0.350. The standard InChI is InChI=1S/C20H25ClN2O3S/c1-14(2)15(3)22-20(24)17-7-11-19(12-8-17)23(27(4,25)26)13-16-5-9-18(21)10-6-16/h5-12,14-15H,13H2,1-4H3,(H,22,24). The van der Waals surface area contributed by atoms with Crippen LogP contribution in [0.5, 0.6) is 0 Å². The highest BCUT2D eigenvalue weighted by Gasteiger charge is 2.19. The Morgan fingerprint density at radius 1 is 1.04 bits per heavy atom. The van der Waals surface area contributed by atoms with Gasteiger partial charge in [-0.1, -0.05) is 37.6 Å². The molecule has 0 aliphatic rings. The third kappa shape index (κ3) is 5.97. The minimum Gasteiger partial charge on any atom is -0.349 e. The Labute approximate surface area is 166 Å². The van der Waals surface area contributed by atoms with E-state index in [1.807, 2.05) is 20.8 Å². The summed E-state index contributed by atoms with van der Waals surface area (Å²) in [5.74, 6) is 0.152. The fourth-order valence-corrected chi connectivity index (χ4v) is 3.41. The van der Waals surface area contributed by atoms with Crippen LogP contribution >= 0.6 is 11.6 Å². The molecule has 2 aromatic rings. The Kier molecular flexibility index (Phi) is 6.89. The highest BCUT2D eigenvalue weighted by atomic mass is 35.5. The fourth-order valence-electron chi connectivity index (χ4n) is 2.39. The van der Waals surface area contributed by atoms with Crippen molar-refractivity contribution in [2.75, 3.05) is 10.6 Å². The zero-order valence-electron chi connectivity index (χ0n) is 15.9. The molecule has 5 nitrogen and oxygen atoms in total. The molecule has 0 saturated carbocycles. The minimum absolute atomic E-state index is 0.0506. The maximum absolute atomic E-state index is 12.3. The van der Waals surface area contributed by atoms with Gasteiger partial charge < -0.3 is 5.32 Å². The molecule has 0 aromatic heterocycles. The molecule has 1 N–H and O–H groups in total. The normalized spacial score (nSPS) is 12.7. The molecular formula is C20H25ClN2O3S. The quantitative estimate of drug-likeness (QED) is 0.750. The van der Waals surface area contributed by atoms with E-state index >= 15 is 0 Å². The summed E-state index contributed by atoms with van der Waals surface area (Å²) in [5.41, 5.74) is 1.81. The number of hydrogen-bond donors (Lipinski definition) is 1. The first-order valence-electron chi connectivity index (χ1n) is 8.71. The summed E-state index contributed by atoms with van der Waals surface area (Å²) in [4.78, 5) is 12.3. The maximum Gasteiger partial charge on any atom is 0.251 e. The van der Waals surface area contributed by atoms with Crippen LogP contribution in [0.1, 0.15) is 36.7 Å². The van der Waals surface area contributed by atoms with E-state index in [9.17, 15) is 13.2 Å². The lowest BCUT2D eigenvalue weighted by Gasteiger charge is -2.23. The van der Waals surface area contributed by atoms with E-state index in [0.29, 0.717) is 22.2 Å². The second-order valence-corrected chi connectivity index (χ2v) is 9.29. The molecule has 7 heteroatoms. The van der Waals surface area contributed by atoms with Crippen LogP contribution in [0.3, 0.4) is 0 Å². The molecule has 146 valence electrons. The topological polar surface area (TPSA) is 66.5 Å². The number of carbonyl (C=O) groups is 1. The number of carbonyl (C=O) groups excluding carboxylic acids is 1. The lowest BCUT2D eigenvalue weighted by molar-refractivity contribution is 0.0930. The van der Waals surface area contributed by atoms with Gasteiger partial charge in [0.1, 0.15) is 0 Å². The number of rotatable bonds is 7. The molecule has 1 unspecified atom stereocenters. The van der Waals surface area contributed by atoms with Crippen molar-refractivity contribution in [1.29, 1.82) is 0 Å². The van der Waals surface area contributed by atoms with Gasteiger partial charge in [0.15, 0.2) is 0 Å². The van der Waals surface area contributed by atoms with Gasteiger partial charge in [0, 0.05) is 16.6 Å². The smallest absolute Gasteiger partial charge is 0.251 e. The molecule has 0 aliphatic heterocycles. The van der Waals surface area contributed by atoms with E-state index in [4.69, 9.17) is 11.6 Å². The van der Waals surface area contributed by atoms with Crippen LogP contribution < -0.4 is 9.62 Å². The van der Waals surface area contributed by atoms with Crippen molar-refractivity contribution in [3.63, 3.8) is 0 Å². The predicted octanol–water partition coefficient (Wildman–Crippen LogP) is 4.08. The van der Waals surface area contributed by atoms with E-state index in [1.54, 1.807) is 48.5 Å². The van der Waals surface area contributed by atoms with Crippen LogP contribution in [0.4, 0.5) is 5.69 Å². The van der Waals surface area contributed by atoms with Gasteiger partial charge in [-0.25, -0.2) is 8.42 Å². The number of sulfonamides is 1. The summed E-state index contributed by atoms with van der Waals surface area (Å²) in [6.45, 7) is 6.21. The average Bonchev–Trinajstić information content (AvgIpc) is 2.60. The van der Waals surface area contributed by atoms with Crippen molar-refractivity contribution in [2.24, 2.45) is 5.92 Å². The molecule has 27 heavy (non-hydrogen) atoms. The zero-order valence-corrected chi connectivity index (χ0v) is 17.5. The number of hydrogen-bond acceptors (Lipinski definition) is 3. The third-order valence-corrected chi connectivity index (χ3v) is 5.81. The zero-order chi connectivity index (χ0) is 20.2. The summed E-state index contributed by atoms with van der Waals surface area (Å²) in [7, 11) is -3.49. The number of amides is 1. The van der Waals surface area contributed by atoms with Gasteiger partial charge in [-0.3, -0.25) is 9.10 Å². The molecule has 0 heterocycles. The van der Waals surface area contributed by atoms with Crippen LogP contribution in [0.25, 0.3) is 0 Å². The number of anilines is 1. The molecular weight excluding hydrogens is 384 g/mol. The number of benzene rings is 2. The van der Waals surface area contributed by atoms with Crippen molar-refractivity contribution >= 4 is 33.2 Å². The monoisotopic (exact) mass is 408 g/mol. The van der Waals surface area contributed by atoms with E-state index in [0.717, 1.165) is 11.8 Å². The summed E-state index contributed by atoms with van der Waals surface area (Å²) in [6, 6.07) is 13.6. The van der Waals surface area contributed by atoms with Gasteiger partial charge in [-0.2, -0.15) is 0 Å². The molecule has 0 fully saturated rings. The van der Waals surface area contributed by atoms with Gasteiger partial charge in [-0.15, -0.1) is 0 Å². The van der Waals surface area contributed by atoms with Crippen LogP contribution in [-0.4, -0.2) is 26.6 Å². The van der Waals surface area contributed by atoms with Crippen molar-refractivity contribution in [1.82, 2.24) is 5.32 Å². The average molecular weight is 409 g/mol. The highest BCUT2D eigenvalue weighted by molar-refractivity contribution is 7.92. The van der Waals surface area contributed by atoms with Gasteiger partial charge in [0.25, 0.3) is 5.91 Å². The number of nitrogens with zero attached hydrogens (tertiary/aromatic N) is 1. The highest BCUT2D eigenvalue weighted by Crippen LogP contribution is 2.22. The molecule has 0 spiro atoms. The predicted molar refractivity (Wildman–Crippen MR) is 111 cm³/mol. The number of halogens is 1. The van der Waals surface area contributed by atoms with Crippen molar-refractivity contribution in [2.45, 2.75) is 33.4 Å². The van der Waals surface area contributed by atoms with Crippen LogP contribution in [-0.2, 0) is 16.6 Å². The Balaban J connectivity index is 2.22. The number of nitrogens with one attached hydrogen (secondary N) is 1. The molecule has 2 rings (SSSR count). The van der Waals surface area contributed by atoms with Gasteiger partial charge in [0.05, 0.1) is 18.5 Å². The summed E-state index contributed by atoms with van der Waals surface area (Å²) in [5, 5.41) is 3.53. The molecule has 0 bridgehead atoms. The van der Waals surface area contributed by atoms with Crippen LogP contribution in [0, 0.1) is 5.92 Å². The largest absolute Gasteiger partial charge is 0.349 e. The maximum atomic E-state index is 12.3. The van der Waals surface area contributed by atoms with Crippen molar-refractivity contribution in [3.05, 3.63) is 64.7 Å². The molecule has 0 radical (unpaired) electrons. The van der Waals surface area contributed by atoms with E-state index in [-0.39, 0.29) is 18.5 Å². The third-order valence-electron chi connectivity index (χ3n) is 4.42. The lowest BCUT2D eigenvalue weighted by Crippen LogP contribution is -2.36. The molecule has 0 aliphatic carbocycles. The first kappa shape index (κ1) is 21.3. The van der Waals surface area contributed by atoms with Crippen molar-refractivity contribution < 1.29 is 13.2 Å². The molecule has 2 aromatic carbocycles. The van der Waals surface area contributed by atoms with E-state index in [2.05, 4.69) is 5.32 Å². The Bertz CT molecular complexity index is 878. The Hall–Kier alpha value is -2.05. The SMILES string of the molecule is CC(C)C(C)NC(=O)c1ccc(N(Cc2ccc(Cl)cc2)S(C)(=O)=O)cc1. The summed E-state index contributed by atoms with van der Waals surface area (Å²) < 4.78 is 25.8. The minimum atomic E-state index is -3.49. The molecule has 1 atom stereocenters. The van der Waals surface area contributed by atoms with Gasteiger partial charge in [-0.05, 0) is 54.8 Å². The van der Waals surface area contributed by atoms with Gasteiger partial charge in [0.2, 0.25) is 10.0 Å². The first-order chi connectivity index (χ1) is 12.6. The Morgan fingerprint density at radius 2 is 1.59 bits per heavy atom. The van der Waals surface area contributed by atoms with Crippen LogP contribution in [0.2, 0.25) is 5.02 Å². The second-order valence-electron chi connectivity index (χ2n) is 6.95. The summed E-state index contributed by atoms with van der Waals surface area (Å²) >= 11 is 5.89. The second kappa shape index (κ2) is 8.76. The van der Waals surface area contributed by atoms with Crippen LogP contribution in [0.15, 0.2) is 48.5 Å². The lowest BCUT2D eigenvalue weighted by atomic mass is 10.1. The van der Waals surface area contributed by atoms with Crippen molar-refractivity contribution in [3.8, 4) is 0 Å². The van der Waals surface area contributed by atoms with Gasteiger partial charge >= 0.3 is 0 Å². The first-order valence-corrected chi connectivity index (χ1v) is 10.9. The molecule has 0 saturated heterocycles. The Morgan fingerprint density at radius 3 is 2.07 bits per heavy atom. The van der Waals surface area contributed by atoms with E-state index < -0.39 is 10.0 Å². The molecule has 1 amide bonds. The van der Waals surface area contributed by atoms with E-state index in [1.165, 1.54) is 4.31 Å².